The van der Waals surface area contributed by atoms with Crippen LogP contribution in [0.4, 0.5) is 22.0 Å². The molecular formula is C5H4F5IO. The van der Waals surface area contributed by atoms with Gasteiger partial charge < -0.3 is 5.11 Å². The highest BCUT2D eigenvalue weighted by molar-refractivity contribution is 14.1. The van der Waals surface area contributed by atoms with Crippen LogP contribution in [0.15, 0.2) is 9.66 Å². The number of hydrogen-bond acceptors (Lipinski definition) is 1. The van der Waals surface area contributed by atoms with Gasteiger partial charge in [-0.2, -0.15) is 22.0 Å². The van der Waals surface area contributed by atoms with Gasteiger partial charge in [-0.1, -0.05) is 0 Å². The van der Waals surface area contributed by atoms with Gasteiger partial charge in [0, 0.05) is 9.66 Å². The predicted molar refractivity (Wildman–Crippen MR) is 40.2 cm³/mol. The Hall–Kier alpha value is 0.0800. The Labute approximate surface area is 78.4 Å². The van der Waals surface area contributed by atoms with Crippen LogP contribution in [0.2, 0.25) is 0 Å². The molecule has 0 fully saturated rings. The van der Waals surface area contributed by atoms with Crippen molar-refractivity contribution in [1.29, 1.82) is 0 Å². The first-order valence-electron chi connectivity index (χ1n) is 2.63. The molecule has 72 valence electrons. The quantitative estimate of drug-likeness (QED) is 0.614. The second kappa shape index (κ2) is 3.86. The molecule has 0 unspecified atom stereocenters. The summed E-state index contributed by atoms with van der Waals surface area (Å²) in [6, 6.07) is 0. The number of rotatable bonds is 2. The van der Waals surface area contributed by atoms with Crippen LogP contribution in [0, 0.1) is 0 Å². The fraction of sp³-hybridized carbons (Fsp3) is 0.600. The fourth-order valence-corrected chi connectivity index (χ4v) is 0.715. The van der Waals surface area contributed by atoms with Crippen molar-refractivity contribution in [3.05, 3.63) is 9.66 Å². The van der Waals surface area contributed by atoms with Crippen molar-refractivity contribution in [3.63, 3.8) is 0 Å². The molecule has 1 N–H and O–H groups in total. The molecule has 0 aromatic rings. The summed E-state index contributed by atoms with van der Waals surface area (Å²) >= 11 is 1.20. The fourth-order valence-electron chi connectivity index (χ4n) is 0.324. The Morgan fingerprint density at radius 3 is 1.92 bits per heavy atom. The van der Waals surface area contributed by atoms with Crippen LogP contribution in [0.3, 0.4) is 0 Å². The molecule has 0 saturated carbocycles. The highest BCUT2D eigenvalue weighted by atomic mass is 127. The van der Waals surface area contributed by atoms with Crippen LogP contribution in [-0.4, -0.2) is 23.8 Å². The van der Waals surface area contributed by atoms with E-state index >= 15 is 0 Å². The van der Waals surface area contributed by atoms with Crippen LogP contribution in [0.5, 0.6) is 0 Å². The monoisotopic (exact) mass is 302 g/mol. The largest absolute Gasteiger partial charge is 0.457 e. The van der Waals surface area contributed by atoms with Crippen molar-refractivity contribution >= 4 is 22.6 Å². The van der Waals surface area contributed by atoms with Crippen molar-refractivity contribution in [2.45, 2.75) is 12.1 Å². The van der Waals surface area contributed by atoms with Gasteiger partial charge in [-0.3, -0.25) is 0 Å². The van der Waals surface area contributed by atoms with E-state index in [1.165, 1.54) is 22.6 Å². The average Bonchev–Trinajstić information content (AvgIpc) is 1.84. The van der Waals surface area contributed by atoms with Crippen LogP contribution < -0.4 is 0 Å². The van der Waals surface area contributed by atoms with E-state index in [-0.39, 0.29) is 6.08 Å². The zero-order valence-electron chi connectivity index (χ0n) is 5.50. The first-order chi connectivity index (χ1) is 5.20. The molecular weight excluding hydrogens is 298 g/mol. The molecule has 12 heavy (non-hydrogen) atoms. The van der Waals surface area contributed by atoms with Crippen molar-refractivity contribution in [1.82, 2.24) is 0 Å². The summed E-state index contributed by atoms with van der Waals surface area (Å²) in [6.45, 7) is -0.827. The lowest BCUT2D eigenvalue weighted by molar-refractivity contribution is -0.259. The van der Waals surface area contributed by atoms with Gasteiger partial charge in [0.1, 0.15) is 0 Å². The molecule has 0 aliphatic rings. The normalized spacial score (nSPS) is 15.1. The third-order valence-electron chi connectivity index (χ3n) is 0.867. The maximum atomic E-state index is 12.1. The van der Waals surface area contributed by atoms with Gasteiger partial charge in [0.25, 0.3) is 0 Å². The SMILES string of the molecule is OC/C(I)=C/C(F)(F)C(F)(F)F. The third kappa shape index (κ3) is 3.21. The van der Waals surface area contributed by atoms with E-state index in [0.29, 0.717) is 0 Å². The second-order valence-electron chi connectivity index (χ2n) is 1.87. The van der Waals surface area contributed by atoms with Gasteiger partial charge in [-0.15, -0.1) is 0 Å². The van der Waals surface area contributed by atoms with Crippen LogP contribution in [0.1, 0.15) is 0 Å². The number of alkyl halides is 5. The van der Waals surface area contributed by atoms with Crippen molar-refractivity contribution in [2.75, 3.05) is 6.61 Å². The topological polar surface area (TPSA) is 20.2 Å². The molecule has 0 aliphatic heterocycles. The summed E-state index contributed by atoms with van der Waals surface area (Å²) < 4.78 is 58.0. The molecule has 0 aromatic heterocycles. The Kier molecular flexibility index (Phi) is 3.88. The number of aliphatic hydroxyl groups excluding tert-OH is 1. The maximum absolute atomic E-state index is 12.1. The summed E-state index contributed by atoms with van der Waals surface area (Å²) in [6.07, 6.45) is -5.91. The average molecular weight is 302 g/mol. The van der Waals surface area contributed by atoms with Crippen LogP contribution >= 0.6 is 22.6 Å². The molecule has 0 atom stereocenters. The molecule has 0 bridgehead atoms. The second-order valence-corrected chi connectivity index (χ2v) is 3.26. The van der Waals surface area contributed by atoms with E-state index in [2.05, 4.69) is 0 Å². The van der Waals surface area contributed by atoms with E-state index < -0.39 is 22.3 Å². The third-order valence-corrected chi connectivity index (χ3v) is 1.52. The molecule has 1 nitrogen and oxygen atoms in total. The van der Waals surface area contributed by atoms with E-state index in [4.69, 9.17) is 5.11 Å². The molecule has 7 heteroatoms. The molecule has 0 heterocycles. The van der Waals surface area contributed by atoms with E-state index in [0.717, 1.165) is 0 Å². The number of aliphatic hydroxyl groups is 1. The summed E-state index contributed by atoms with van der Waals surface area (Å²) in [4.78, 5) is 0. The van der Waals surface area contributed by atoms with Gasteiger partial charge in [-0.25, -0.2) is 0 Å². The first kappa shape index (κ1) is 12.1. The zero-order valence-corrected chi connectivity index (χ0v) is 7.66. The molecule has 0 aromatic carbocycles. The molecule has 0 rings (SSSR count). The van der Waals surface area contributed by atoms with Crippen molar-refractivity contribution in [3.8, 4) is 0 Å². The lowest BCUT2D eigenvalue weighted by Gasteiger charge is -2.15. The Bertz CT molecular complexity index is 185. The van der Waals surface area contributed by atoms with E-state index in [1.54, 1.807) is 0 Å². The minimum atomic E-state index is -5.60. The maximum Gasteiger partial charge on any atom is 0.457 e. The van der Waals surface area contributed by atoms with Gasteiger partial charge in [0.15, 0.2) is 0 Å². The summed E-state index contributed by atoms with van der Waals surface area (Å²) in [7, 11) is 0. The Morgan fingerprint density at radius 1 is 1.25 bits per heavy atom. The predicted octanol–water partition coefficient (Wildman–Crippen LogP) is 2.50. The number of allylic oxidation sites excluding steroid dienone is 1. The molecule has 0 spiro atoms. The smallest absolute Gasteiger partial charge is 0.391 e. The van der Waals surface area contributed by atoms with Crippen molar-refractivity contribution in [2.24, 2.45) is 0 Å². The van der Waals surface area contributed by atoms with Crippen LogP contribution in [-0.2, 0) is 0 Å². The van der Waals surface area contributed by atoms with Gasteiger partial charge in [0.2, 0.25) is 0 Å². The zero-order chi connectivity index (χ0) is 9.99. The summed E-state index contributed by atoms with van der Waals surface area (Å²) in [5.74, 6) is -4.87. The number of hydrogen-bond donors (Lipinski definition) is 1. The minimum Gasteiger partial charge on any atom is -0.391 e. The first-order valence-corrected chi connectivity index (χ1v) is 3.71. The highest BCUT2D eigenvalue weighted by Gasteiger charge is 2.55. The summed E-state index contributed by atoms with van der Waals surface area (Å²) in [5, 5.41) is 8.19. The number of halogens is 6. The van der Waals surface area contributed by atoms with Gasteiger partial charge >= 0.3 is 12.1 Å². The van der Waals surface area contributed by atoms with Gasteiger partial charge in [-0.05, 0) is 22.6 Å². The molecule has 0 aliphatic carbocycles. The van der Waals surface area contributed by atoms with Crippen LogP contribution in [0.25, 0.3) is 0 Å². The Balaban J connectivity index is 4.64. The lowest BCUT2D eigenvalue weighted by Crippen LogP contribution is -2.34. The van der Waals surface area contributed by atoms with Crippen molar-refractivity contribution < 1.29 is 27.1 Å². The summed E-state index contributed by atoms with van der Waals surface area (Å²) in [5.41, 5.74) is 0. The highest BCUT2D eigenvalue weighted by Crippen LogP contribution is 2.37. The molecule has 0 radical (unpaired) electrons. The molecule has 0 saturated heterocycles. The standard InChI is InChI=1S/C5H4F5IO/c6-4(7,5(8,9)10)1-3(11)2-12/h1,12H,2H2/b3-1-. The minimum absolute atomic E-state index is 0.312. The van der Waals surface area contributed by atoms with E-state index in [9.17, 15) is 22.0 Å². The lowest BCUT2D eigenvalue weighted by atomic mass is 10.3. The van der Waals surface area contributed by atoms with Gasteiger partial charge in [0.05, 0.1) is 6.61 Å². The Morgan fingerprint density at radius 2 is 1.67 bits per heavy atom. The molecule has 0 amide bonds. The van der Waals surface area contributed by atoms with E-state index in [1.807, 2.05) is 0 Å².